The molecule has 0 amide bonds. The fourth-order valence-corrected chi connectivity index (χ4v) is 3.11. The second-order valence-corrected chi connectivity index (χ2v) is 6.51. The molecule has 1 unspecified atom stereocenters. The smallest absolute Gasteiger partial charge is 0.302 e. The molecule has 1 rings (SSSR count). The van der Waals surface area contributed by atoms with E-state index in [-0.39, 0.29) is 19.1 Å². The van der Waals surface area contributed by atoms with Gasteiger partial charge in [-0.1, -0.05) is 18.2 Å². The van der Waals surface area contributed by atoms with E-state index in [1.165, 1.54) is 19.1 Å². The van der Waals surface area contributed by atoms with Crippen LogP contribution in [0.4, 0.5) is 5.69 Å². The summed E-state index contributed by atoms with van der Waals surface area (Å²) in [5.74, 6) is -0.783. The Bertz CT molecular complexity index is 686. The molecule has 0 spiro atoms. The number of nitrogens with zero attached hydrogens (tertiary/aromatic N) is 1. The van der Waals surface area contributed by atoms with Gasteiger partial charge >= 0.3 is 5.97 Å². The monoisotopic (exact) mass is 342 g/mol. The number of allylic oxidation sites excluding steroid dienone is 1. The van der Waals surface area contributed by atoms with Crippen LogP contribution in [-0.4, -0.2) is 32.5 Å². The Morgan fingerprint density at radius 1 is 1.48 bits per heavy atom. The number of sulfonamides is 1. The molecule has 0 aliphatic carbocycles. The molecule has 1 aromatic rings. The first-order valence-corrected chi connectivity index (χ1v) is 8.23. The van der Waals surface area contributed by atoms with Crippen molar-refractivity contribution in [3.63, 3.8) is 0 Å². The van der Waals surface area contributed by atoms with E-state index in [1.807, 2.05) is 0 Å². The van der Waals surface area contributed by atoms with Gasteiger partial charge in [-0.05, 0) is 12.5 Å². The zero-order chi connectivity index (χ0) is 17.5. The molecule has 1 aromatic carbocycles. The molecule has 0 aromatic heterocycles. The summed E-state index contributed by atoms with van der Waals surface area (Å²) < 4.78 is 31.7. The van der Waals surface area contributed by atoms with E-state index in [4.69, 9.17) is 4.74 Å². The third kappa shape index (κ3) is 5.80. The number of carbonyl (C=O) groups is 1. The number of para-hydroxylation sites is 1. The number of ether oxygens (including phenoxy) is 1. The van der Waals surface area contributed by atoms with Crippen molar-refractivity contribution in [2.24, 2.45) is 5.92 Å². The number of nitrogens with one attached hydrogen (secondary N) is 1. The van der Waals surface area contributed by atoms with Crippen molar-refractivity contribution >= 4 is 21.7 Å². The Hall–Kier alpha value is -2.26. The van der Waals surface area contributed by atoms with Gasteiger partial charge in [0, 0.05) is 25.5 Å². The fraction of sp³-hybridized carbons (Fsp3) is 0.357. The largest absolute Gasteiger partial charge is 0.466 e. The van der Waals surface area contributed by atoms with Crippen molar-refractivity contribution in [2.45, 2.75) is 18.2 Å². The Morgan fingerprint density at radius 3 is 2.70 bits per heavy atom. The van der Waals surface area contributed by atoms with E-state index >= 15 is 0 Å². The SMILES string of the molecule is C=CCC(CNS(=O)(=O)c1ccccc1[N+](=O)[O-])COC(C)=O. The number of esters is 1. The number of hydrogen-bond donors (Lipinski definition) is 1. The average molecular weight is 342 g/mol. The van der Waals surface area contributed by atoms with Crippen molar-refractivity contribution in [2.75, 3.05) is 13.2 Å². The van der Waals surface area contributed by atoms with Crippen molar-refractivity contribution in [1.29, 1.82) is 0 Å². The summed E-state index contributed by atoms with van der Waals surface area (Å²) in [4.78, 5) is 20.6. The zero-order valence-corrected chi connectivity index (χ0v) is 13.4. The number of hydrogen-bond acceptors (Lipinski definition) is 6. The first-order valence-electron chi connectivity index (χ1n) is 6.75. The molecule has 1 atom stereocenters. The number of benzene rings is 1. The Balaban J connectivity index is 2.87. The van der Waals surface area contributed by atoms with E-state index in [9.17, 15) is 23.3 Å². The fourth-order valence-electron chi connectivity index (χ4n) is 1.82. The summed E-state index contributed by atoms with van der Waals surface area (Å²) in [5, 5.41) is 10.9. The van der Waals surface area contributed by atoms with Crippen molar-refractivity contribution in [3.8, 4) is 0 Å². The highest BCUT2D eigenvalue weighted by Crippen LogP contribution is 2.22. The van der Waals surface area contributed by atoms with Crippen LogP contribution in [0.3, 0.4) is 0 Å². The maximum absolute atomic E-state index is 12.3. The molecule has 0 radical (unpaired) electrons. The van der Waals surface area contributed by atoms with Crippen LogP contribution in [0.2, 0.25) is 0 Å². The van der Waals surface area contributed by atoms with Crippen LogP contribution in [0, 0.1) is 16.0 Å². The van der Waals surface area contributed by atoms with Crippen molar-refractivity contribution in [1.82, 2.24) is 4.72 Å². The van der Waals surface area contributed by atoms with Gasteiger partial charge in [0.05, 0.1) is 11.5 Å². The molecule has 8 nitrogen and oxygen atoms in total. The van der Waals surface area contributed by atoms with Crippen LogP contribution in [-0.2, 0) is 19.6 Å². The molecule has 0 heterocycles. The van der Waals surface area contributed by atoms with Gasteiger partial charge in [0.25, 0.3) is 5.69 Å². The van der Waals surface area contributed by atoms with Crippen LogP contribution >= 0.6 is 0 Å². The molecular weight excluding hydrogens is 324 g/mol. The molecule has 0 saturated carbocycles. The van der Waals surface area contributed by atoms with Gasteiger partial charge in [-0.25, -0.2) is 13.1 Å². The Labute approximate surface area is 134 Å². The Kier molecular flexibility index (Phi) is 6.86. The molecule has 0 aliphatic heterocycles. The van der Waals surface area contributed by atoms with E-state index in [0.717, 1.165) is 12.1 Å². The number of nitro groups is 1. The molecule has 23 heavy (non-hydrogen) atoms. The molecule has 9 heteroatoms. The zero-order valence-electron chi connectivity index (χ0n) is 12.6. The predicted octanol–water partition coefficient (Wildman–Crippen LogP) is 1.63. The minimum absolute atomic E-state index is 0.0285. The summed E-state index contributed by atoms with van der Waals surface area (Å²) in [6, 6.07) is 5.07. The average Bonchev–Trinajstić information content (AvgIpc) is 2.50. The van der Waals surface area contributed by atoms with Gasteiger partial charge < -0.3 is 4.74 Å². The number of rotatable bonds is 9. The van der Waals surface area contributed by atoms with E-state index < -0.39 is 31.5 Å². The minimum Gasteiger partial charge on any atom is -0.466 e. The lowest BCUT2D eigenvalue weighted by Gasteiger charge is -2.15. The third-order valence-electron chi connectivity index (χ3n) is 2.94. The predicted molar refractivity (Wildman–Crippen MR) is 83.2 cm³/mol. The lowest BCUT2D eigenvalue weighted by atomic mass is 10.1. The highest BCUT2D eigenvalue weighted by Gasteiger charge is 2.25. The van der Waals surface area contributed by atoms with Gasteiger partial charge in [0.1, 0.15) is 0 Å². The van der Waals surface area contributed by atoms with Crippen LogP contribution in [0.5, 0.6) is 0 Å². The molecular formula is C14H18N2O6S. The number of nitro benzene ring substituents is 1. The Morgan fingerprint density at radius 2 is 2.13 bits per heavy atom. The quantitative estimate of drug-likeness (QED) is 0.315. The third-order valence-corrected chi connectivity index (χ3v) is 4.41. The standard InChI is InChI=1S/C14H18N2O6S/c1-3-6-12(10-22-11(2)17)9-15-23(20,21)14-8-5-4-7-13(14)16(18)19/h3-5,7-8,12,15H,1,6,9-10H2,2H3. The lowest BCUT2D eigenvalue weighted by molar-refractivity contribution is -0.387. The van der Waals surface area contributed by atoms with Crippen molar-refractivity contribution in [3.05, 3.63) is 47.0 Å². The van der Waals surface area contributed by atoms with Crippen molar-refractivity contribution < 1.29 is 22.9 Å². The second kappa shape index (κ2) is 8.39. The first kappa shape index (κ1) is 18.8. The minimum atomic E-state index is -4.05. The van der Waals surface area contributed by atoms with Gasteiger partial charge in [-0.15, -0.1) is 6.58 Å². The molecule has 0 fully saturated rings. The highest BCUT2D eigenvalue weighted by atomic mass is 32.2. The van der Waals surface area contributed by atoms with Crippen LogP contribution in [0.1, 0.15) is 13.3 Å². The first-order chi connectivity index (χ1) is 10.8. The maximum Gasteiger partial charge on any atom is 0.302 e. The van der Waals surface area contributed by atoms with E-state index in [0.29, 0.717) is 6.42 Å². The molecule has 0 saturated heterocycles. The summed E-state index contributed by atoms with van der Waals surface area (Å²) in [6.07, 6.45) is 2.00. The summed E-state index contributed by atoms with van der Waals surface area (Å²) in [6.45, 7) is 4.81. The normalized spacial score (nSPS) is 12.4. The highest BCUT2D eigenvalue weighted by molar-refractivity contribution is 7.89. The van der Waals surface area contributed by atoms with Gasteiger partial charge in [-0.3, -0.25) is 14.9 Å². The molecule has 1 N–H and O–H groups in total. The lowest BCUT2D eigenvalue weighted by Crippen LogP contribution is -2.32. The summed E-state index contributed by atoms with van der Waals surface area (Å²) >= 11 is 0. The molecule has 0 bridgehead atoms. The molecule has 0 aliphatic rings. The maximum atomic E-state index is 12.3. The van der Waals surface area contributed by atoms with Gasteiger partial charge in [-0.2, -0.15) is 0 Å². The van der Waals surface area contributed by atoms with Gasteiger partial charge in [0.15, 0.2) is 4.90 Å². The van der Waals surface area contributed by atoms with Crippen LogP contribution in [0.15, 0.2) is 41.8 Å². The molecule has 126 valence electrons. The number of carbonyl (C=O) groups excluding carboxylic acids is 1. The van der Waals surface area contributed by atoms with Crippen LogP contribution < -0.4 is 4.72 Å². The summed E-state index contributed by atoms with van der Waals surface area (Å²) in [5.41, 5.74) is -0.500. The van der Waals surface area contributed by atoms with E-state index in [1.54, 1.807) is 6.08 Å². The van der Waals surface area contributed by atoms with Crippen LogP contribution in [0.25, 0.3) is 0 Å². The van der Waals surface area contributed by atoms with E-state index in [2.05, 4.69) is 11.3 Å². The second-order valence-electron chi connectivity index (χ2n) is 4.77. The van der Waals surface area contributed by atoms with Gasteiger partial charge in [0.2, 0.25) is 10.0 Å². The summed E-state index contributed by atoms with van der Waals surface area (Å²) in [7, 11) is -4.05. The topological polar surface area (TPSA) is 116 Å².